The van der Waals surface area contributed by atoms with Gasteiger partial charge in [0.05, 0.1) is 17.2 Å². The highest BCUT2D eigenvalue weighted by Gasteiger charge is 2.31. The number of rotatable bonds is 5. The van der Waals surface area contributed by atoms with E-state index in [-0.39, 0.29) is 12.5 Å². The predicted octanol–water partition coefficient (Wildman–Crippen LogP) is 3.38. The molecule has 0 spiro atoms. The third-order valence-corrected chi connectivity index (χ3v) is 7.26. The van der Waals surface area contributed by atoms with Crippen molar-refractivity contribution < 1.29 is 13.7 Å². The molecule has 1 aromatic heterocycles. The van der Waals surface area contributed by atoms with E-state index in [0.717, 1.165) is 41.3 Å². The second-order valence-corrected chi connectivity index (χ2v) is 10.1. The number of nitrogens with zero attached hydrogens (tertiary/aromatic N) is 4. The zero-order valence-corrected chi connectivity index (χ0v) is 19.8. The van der Waals surface area contributed by atoms with Gasteiger partial charge in [-0.05, 0) is 25.0 Å². The van der Waals surface area contributed by atoms with E-state index in [1.54, 1.807) is 14.1 Å². The van der Waals surface area contributed by atoms with Crippen LogP contribution in [0.15, 0.2) is 42.5 Å². The standard InChI is InChI=1S/C25H26N4O3S/c1-16-4-6-18(7-5-16)24-26-21-15-33(31)14-20(21)25(27-24)29-11-10-17-8-9-19(12-22(17)29)32-13-23(30)28(2)3/h4-9,12H,10-11,13-15H2,1-3H3. The molecule has 0 saturated carbocycles. The number of aryl methyl sites for hydroxylation is 1. The highest BCUT2D eigenvalue weighted by atomic mass is 32.2. The SMILES string of the molecule is Cc1ccc(-c2nc3c(c(N4CCc5ccc(OCC(=O)N(C)C)cc54)n2)CS(=O)C3)cc1. The van der Waals surface area contributed by atoms with E-state index in [2.05, 4.69) is 11.8 Å². The smallest absolute Gasteiger partial charge is 0.259 e. The van der Waals surface area contributed by atoms with Gasteiger partial charge < -0.3 is 14.5 Å². The van der Waals surface area contributed by atoms with Gasteiger partial charge in [0.2, 0.25) is 0 Å². The first-order valence-corrected chi connectivity index (χ1v) is 12.4. The molecule has 0 aliphatic carbocycles. The van der Waals surface area contributed by atoms with Gasteiger partial charge in [-0.25, -0.2) is 9.97 Å². The number of hydrogen-bond acceptors (Lipinski definition) is 6. The van der Waals surface area contributed by atoms with Gasteiger partial charge in [0, 0.05) is 54.3 Å². The Morgan fingerprint density at radius 1 is 1.12 bits per heavy atom. The van der Waals surface area contributed by atoms with E-state index in [1.165, 1.54) is 16.0 Å². The molecule has 33 heavy (non-hydrogen) atoms. The number of ether oxygens (including phenoxy) is 1. The van der Waals surface area contributed by atoms with Crippen LogP contribution in [0.5, 0.6) is 5.75 Å². The van der Waals surface area contributed by atoms with Gasteiger partial charge in [0.15, 0.2) is 12.4 Å². The lowest BCUT2D eigenvalue weighted by Gasteiger charge is -2.22. The van der Waals surface area contributed by atoms with Crippen molar-refractivity contribution in [1.82, 2.24) is 14.9 Å². The number of likely N-dealkylation sites (N-methyl/N-ethyl adjacent to an activating group) is 1. The number of hydrogen-bond donors (Lipinski definition) is 0. The first-order valence-electron chi connectivity index (χ1n) is 10.9. The van der Waals surface area contributed by atoms with E-state index < -0.39 is 10.8 Å². The summed E-state index contributed by atoms with van der Waals surface area (Å²) in [5.41, 5.74) is 6.16. The molecular weight excluding hydrogens is 436 g/mol. The topological polar surface area (TPSA) is 75.6 Å². The molecular formula is C25H26N4O3S. The van der Waals surface area contributed by atoms with Gasteiger partial charge in [0.1, 0.15) is 11.6 Å². The molecule has 0 bridgehead atoms. The van der Waals surface area contributed by atoms with E-state index in [1.807, 2.05) is 42.5 Å². The van der Waals surface area contributed by atoms with Crippen LogP contribution in [0.25, 0.3) is 11.4 Å². The van der Waals surface area contributed by atoms with Crippen molar-refractivity contribution in [3.05, 3.63) is 64.8 Å². The van der Waals surface area contributed by atoms with Crippen LogP contribution in [0.1, 0.15) is 22.4 Å². The second-order valence-electron chi connectivity index (χ2n) is 8.66. The third-order valence-electron chi connectivity index (χ3n) is 6.05. The Morgan fingerprint density at radius 3 is 2.67 bits per heavy atom. The van der Waals surface area contributed by atoms with Crippen LogP contribution in [0, 0.1) is 6.92 Å². The highest BCUT2D eigenvalue weighted by molar-refractivity contribution is 7.83. The first kappa shape index (κ1) is 21.6. The van der Waals surface area contributed by atoms with Crippen molar-refractivity contribution in [2.75, 3.05) is 32.1 Å². The second kappa shape index (κ2) is 8.59. The molecule has 5 rings (SSSR count). The summed E-state index contributed by atoms with van der Waals surface area (Å²) in [5.74, 6) is 2.95. The largest absolute Gasteiger partial charge is 0.484 e. The summed E-state index contributed by atoms with van der Waals surface area (Å²) < 4.78 is 18.2. The fourth-order valence-electron chi connectivity index (χ4n) is 4.15. The summed E-state index contributed by atoms with van der Waals surface area (Å²) in [6.45, 7) is 2.82. The molecule has 2 aliphatic rings. The lowest BCUT2D eigenvalue weighted by Crippen LogP contribution is -2.27. The molecule has 7 nitrogen and oxygen atoms in total. The maximum Gasteiger partial charge on any atom is 0.259 e. The lowest BCUT2D eigenvalue weighted by molar-refractivity contribution is -0.130. The quantitative estimate of drug-likeness (QED) is 0.579. The zero-order valence-electron chi connectivity index (χ0n) is 19.0. The van der Waals surface area contributed by atoms with E-state index in [4.69, 9.17) is 14.7 Å². The summed E-state index contributed by atoms with van der Waals surface area (Å²) >= 11 is 0. The first-order chi connectivity index (χ1) is 15.9. The third kappa shape index (κ3) is 4.23. The predicted molar refractivity (Wildman–Crippen MR) is 129 cm³/mol. The average molecular weight is 463 g/mol. The minimum absolute atomic E-state index is 0.00868. The molecule has 2 aliphatic heterocycles. The molecule has 1 unspecified atom stereocenters. The van der Waals surface area contributed by atoms with Crippen LogP contribution in [-0.2, 0) is 33.5 Å². The highest BCUT2D eigenvalue weighted by Crippen LogP contribution is 2.40. The van der Waals surface area contributed by atoms with Gasteiger partial charge >= 0.3 is 0 Å². The lowest BCUT2D eigenvalue weighted by atomic mass is 10.1. The van der Waals surface area contributed by atoms with E-state index >= 15 is 0 Å². The Bertz CT molecular complexity index is 1260. The molecule has 3 heterocycles. The van der Waals surface area contributed by atoms with Gasteiger partial charge in [0.25, 0.3) is 5.91 Å². The Morgan fingerprint density at radius 2 is 1.91 bits per heavy atom. The Labute approximate surface area is 195 Å². The molecule has 3 aromatic rings. The molecule has 0 saturated heterocycles. The van der Waals surface area contributed by atoms with E-state index in [0.29, 0.717) is 23.1 Å². The summed E-state index contributed by atoms with van der Waals surface area (Å²) in [5, 5.41) is 0. The molecule has 1 atom stereocenters. The van der Waals surface area contributed by atoms with Crippen LogP contribution in [0.2, 0.25) is 0 Å². The van der Waals surface area contributed by atoms with Gasteiger partial charge in [-0.1, -0.05) is 35.9 Å². The van der Waals surface area contributed by atoms with Crippen molar-refractivity contribution in [2.24, 2.45) is 0 Å². The van der Waals surface area contributed by atoms with Crippen molar-refractivity contribution in [3.8, 4) is 17.1 Å². The maximum absolute atomic E-state index is 12.4. The van der Waals surface area contributed by atoms with Crippen LogP contribution < -0.4 is 9.64 Å². The number of anilines is 2. The van der Waals surface area contributed by atoms with Crippen LogP contribution in [0.3, 0.4) is 0 Å². The van der Waals surface area contributed by atoms with Crippen molar-refractivity contribution in [3.63, 3.8) is 0 Å². The number of amides is 1. The van der Waals surface area contributed by atoms with Crippen molar-refractivity contribution in [2.45, 2.75) is 24.9 Å². The fourth-order valence-corrected chi connectivity index (χ4v) is 5.41. The Kier molecular flexibility index (Phi) is 5.62. The molecule has 1 amide bonds. The molecule has 0 radical (unpaired) electrons. The molecule has 8 heteroatoms. The van der Waals surface area contributed by atoms with Gasteiger partial charge in [-0.3, -0.25) is 9.00 Å². The minimum atomic E-state index is -0.969. The van der Waals surface area contributed by atoms with Crippen LogP contribution >= 0.6 is 0 Å². The summed E-state index contributed by atoms with van der Waals surface area (Å²) in [7, 11) is 2.45. The monoisotopic (exact) mass is 462 g/mol. The summed E-state index contributed by atoms with van der Waals surface area (Å²) in [6.07, 6.45) is 0.883. The van der Waals surface area contributed by atoms with Crippen molar-refractivity contribution >= 4 is 28.2 Å². The average Bonchev–Trinajstić information content (AvgIpc) is 3.39. The van der Waals surface area contributed by atoms with E-state index in [9.17, 15) is 9.00 Å². The normalized spacial score (nSPS) is 16.5. The number of benzene rings is 2. The summed E-state index contributed by atoms with van der Waals surface area (Å²) in [6, 6.07) is 14.1. The Balaban J connectivity index is 1.53. The van der Waals surface area contributed by atoms with Crippen LogP contribution in [0.4, 0.5) is 11.5 Å². The fraction of sp³-hybridized carbons (Fsp3) is 0.320. The number of carbonyl (C=O) groups is 1. The number of carbonyl (C=O) groups excluding carboxylic acids is 1. The molecule has 170 valence electrons. The maximum atomic E-state index is 12.4. The van der Waals surface area contributed by atoms with Gasteiger partial charge in [-0.2, -0.15) is 0 Å². The van der Waals surface area contributed by atoms with Gasteiger partial charge in [-0.15, -0.1) is 0 Å². The minimum Gasteiger partial charge on any atom is -0.484 e. The molecule has 2 aromatic carbocycles. The van der Waals surface area contributed by atoms with Crippen LogP contribution in [-0.4, -0.2) is 52.2 Å². The summed E-state index contributed by atoms with van der Waals surface area (Å²) in [4.78, 5) is 25.4. The number of fused-ring (bicyclic) bond motifs is 2. The van der Waals surface area contributed by atoms with Crippen molar-refractivity contribution in [1.29, 1.82) is 0 Å². The Hall–Kier alpha value is -3.26. The molecule has 0 N–H and O–H groups in total. The molecule has 0 fully saturated rings. The number of aromatic nitrogens is 2. The zero-order chi connectivity index (χ0) is 23.1.